The van der Waals surface area contributed by atoms with Gasteiger partial charge in [-0.3, -0.25) is 4.72 Å². The molecule has 1 atom stereocenters. The second kappa shape index (κ2) is 10.0. The summed E-state index contributed by atoms with van der Waals surface area (Å²) < 4.78 is 16.1. The molecule has 0 aromatic heterocycles. The SMILES string of the molecule is CCOCC(CNC)NSc1cc(OC)c(Br)cc1Br. The third kappa shape index (κ3) is 5.91. The van der Waals surface area contributed by atoms with Crippen LogP contribution in [0.3, 0.4) is 0 Å². The van der Waals surface area contributed by atoms with Gasteiger partial charge in [-0.15, -0.1) is 0 Å². The van der Waals surface area contributed by atoms with E-state index < -0.39 is 0 Å². The van der Waals surface area contributed by atoms with E-state index in [4.69, 9.17) is 9.47 Å². The number of benzene rings is 1. The Morgan fingerprint density at radius 3 is 2.65 bits per heavy atom. The van der Waals surface area contributed by atoms with Gasteiger partial charge in [0, 0.05) is 22.5 Å². The van der Waals surface area contributed by atoms with Gasteiger partial charge < -0.3 is 14.8 Å². The highest BCUT2D eigenvalue weighted by atomic mass is 79.9. The minimum atomic E-state index is 0.242. The van der Waals surface area contributed by atoms with Crippen molar-refractivity contribution in [1.29, 1.82) is 0 Å². The summed E-state index contributed by atoms with van der Waals surface area (Å²) in [6.45, 7) is 4.25. The van der Waals surface area contributed by atoms with E-state index in [0.717, 1.165) is 32.7 Å². The third-order valence-corrected chi connectivity index (χ3v) is 5.06. The van der Waals surface area contributed by atoms with Crippen LogP contribution < -0.4 is 14.8 Å². The number of methoxy groups -OCH3 is 1. The molecule has 114 valence electrons. The molecule has 20 heavy (non-hydrogen) atoms. The Morgan fingerprint density at radius 1 is 1.30 bits per heavy atom. The van der Waals surface area contributed by atoms with Crippen molar-refractivity contribution in [2.24, 2.45) is 0 Å². The molecule has 1 rings (SSSR count). The second-order valence-electron chi connectivity index (χ2n) is 4.05. The molecule has 4 nitrogen and oxygen atoms in total. The zero-order valence-corrected chi connectivity index (χ0v) is 15.8. The first-order chi connectivity index (χ1) is 9.62. The fourth-order valence-electron chi connectivity index (χ4n) is 1.53. The van der Waals surface area contributed by atoms with Gasteiger partial charge in [0.15, 0.2) is 0 Å². The fraction of sp³-hybridized carbons (Fsp3) is 0.538. The van der Waals surface area contributed by atoms with Gasteiger partial charge in [-0.2, -0.15) is 0 Å². The van der Waals surface area contributed by atoms with Crippen molar-refractivity contribution in [1.82, 2.24) is 10.0 Å². The summed E-state index contributed by atoms with van der Waals surface area (Å²) in [7, 11) is 3.60. The van der Waals surface area contributed by atoms with Crippen LogP contribution in [0.25, 0.3) is 0 Å². The molecule has 0 saturated carbocycles. The van der Waals surface area contributed by atoms with Gasteiger partial charge in [-0.05, 0) is 69.9 Å². The van der Waals surface area contributed by atoms with Crippen LogP contribution in [0.4, 0.5) is 0 Å². The molecule has 0 radical (unpaired) electrons. The predicted molar refractivity (Wildman–Crippen MR) is 91.6 cm³/mol. The molecule has 1 unspecified atom stereocenters. The highest BCUT2D eigenvalue weighted by Gasteiger charge is 2.11. The Balaban J connectivity index is 2.66. The molecule has 0 aliphatic carbocycles. The lowest BCUT2D eigenvalue weighted by molar-refractivity contribution is 0.130. The van der Waals surface area contributed by atoms with Gasteiger partial charge in [0.2, 0.25) is 0 Å². The van der Waals surface area contributed by atoms with Crippen LogP contribution in [0.1, 0.15) is 6.92 Å². The van der Waals surface area contributed by atoms with E-state index >= 15 is 0 Å². The van der Waals surface area contributed by atoms with Crippen molar-refractivity contribution < 1.29 is 9.47 Å². The van der Waals surface area contributed by atoms with E-state index in [0.29, 0.717) is 6.61 Å². The topological polar surface area (TPSA) is 42.5 Å². The molecule has 0 saturated heterocycles. The molecule has 1 aromatic carbocycles. The number of hydrogen-bond acceptors (Lipinski definition) is 5. The Bertz CT molecular complexity index is 422. The number of halogens is 2. The molecular weight excluding hydrogens is 408 g/mol. The van der Waals surface area contributed by atoms with E-state index in [-0.39, 0.29) is 6.04 Å². The van der Waals surface area contributed by atoms with Crippen molar-refractivity contribution in [2.45, 2.75) is 17.9 Å². The summed E-state index contributed by atoms with van der Waals surface area (Å²) in [6, 6.07) is 4.22. The first-order valence-electron chi connectivity index (χ1n) is 6.30. The van der Waals surface area contributed by atoms with Crippen LogP contribution in [-0.4, -0.2) is 40.0 Å². The van der Waals surface area contributed by atoms with E-state index in [9.17, 15) is 0 Å². The monoisotopic (exact) mass is 426 g/mol. The van der Waals surface area contributed by atoms with Crippen molar-refractivity contribution in [3.8, 4) is 5.75 Å². The number of hydrogen-bond donors (Lipinski definition) is 2. The maximum absolute atomic E-state index is 5.47. The molecule has 2 N–H and O–H groups in total. The Morgan fingerprint density at radius 2 is 2.05 bits per heavy atom. The average Bonchev–Trinajstić information content (AvgIpc) is 2.43. The highest BCUT2D eigenvalue weighted by Crippen LogP contribution is 2.35. The second-order valence-corrected chi connectivity index (χ2v) is 6.64. The number of rotatable bonds is 9. The highest BCUT2D eigenvalue weighted by molar-refractivity contribution is 9.11. The summed E-state index contributed by atoms with van der Waals surface area (Å²) in [4.78, 5) is 1.07. The zero-order valence-electron chi connectivity index (χ0n) is 11.8. The first-order valence-corrected chi connectivity index (χ1v) is 8.70. The van der Waals surface area contributed by atoms with E-state index in [2.05, 4.69) is 41.9 Å². The first kappa shape index (κ1) is 18.3. The molecule has 0 bridgehead atoms. The van der Waals surface area contributed by atoms with Crippen molar-refractivity contribution in [3.05, 3.63) is 21.1 Å². The van der Waals surface area contributed by atoms with Crippen LogP contribution in [0, 0.1) is 0 Å². The van der Waals surface area contributed by atoms with Gasteiger partial charge in [0.05, 0.1) is 24.2 Å². The van der Waals surface area contributed by atoms with Crippen LogP contribution in [0.15, 0.2) is 26.0 Å². The molecule has 0 fully saturated rings. The van der Waals surface area contributed by atoms with Crippen LogP contribution >= 0.6 is 43.8 Å². The fourth-order valence-corrected chi connectivity index (χ4v) is 3.70. The predicted octanol–water partition coefficient (Wildman–Crippen LogP) is 3.44. The molecular formula is C13H20Br2N2O2S. The maximum Gasteiger partial charge on any atom is 0.134 e. The molecule has 7 heteroatoms. The lowest BCUT2D eigenvalue weighted by Gasteiger charge is -2.18. The number of likely N-dealkylation sites (N-methyl/N-ethyl adjacent to an activating group) is 1. The minimum absolute atomic E-state index is 0.242. The lowest BCUT2D eigenvalue weighted by atomic mass is 10.3. The van der Waals surface area contributed by atoms with E-state index in [1.165, 1.54) is 0 Å². The quantitative estimate of drug-likeness (QED) is 0.591. The van der Waals surface area contributed by atoms with Crippen LogP contribution in [0.5, 0.6) is 5.75 Å². The summed E-state index contributed by atoms with van der Waals surface area (Å²) in [5, 5.41) is 3.16. The largest absolute Gasteiger partial charge is 0.496 e. The van der Waals surface area contributed by atoms with E-state index in [1.54, 1.807) is 19.1 Å². The van der Waals surface area contributed by atoms with Crippen molar-refractivity contribution >= 4 is 43.8 Å². The van der Waals surface area contributed by atoms with Crippen molar-refractivity contribution in [2.75, 3.05) is 33.9 Å². The van der Waals surface area contributed by atoms with Gasteiger partial charge in [-0.25, -0.2) is 0 Å². The van der Waals surface area contributed by atoms with Gasteiger partial charge in [-0.1, -0.05) is 0 Å². The normalized spacial score (nSPS) is 12.4. The lowest BCUT2D eigenvalue weighted by Crippen LogP contribution is -2.37. The minimum Gasteiger partial charge on any atom is -0.496 e. The third-order valence-electron chi connectivity index (χ3n) is 2.52. The summed E-state index contributed by atoms with van der Waals surface area (Å²) >= 11 is 8.59. The Labute approximate surface area is 141 Å². The summed E-state index contributed by atoms with van der Waals surface area (Å²) in [5.74, 6) is 0.812. The molecule has 1 aromatic rings. The van der Waals surface area contributed by atoms with Gasteiger partial charge in [0.25, 0.3) is 0 Å². The van der Waals surface area contributed by atoms with E-state index in [1.807, 2.05) is 26.1 Å². The molecule has 0 aliphatic rings. The zero-order chi connectivity index (χ0) is 15.0. The summed E-state index contributed by atoms with van der Waals surface area (Å²) in [6.07, 6.45) is 0. The van der Waals surface area contributed by atoms with Crippen LogP contribution in [-0.2, 0) is 4.74 Å². The Hall–Kier alpha value is 0.210. The van der Waals surface area contributed by atoms with Gasteiger partial charge in [0.1, 0.15) is 5.75 Å². The van der Waals surface area contributed by atoms with Crippen molar-refractivity contribution in [3.63, 3.8) is 0 Å². The average molecular weight is 428 g/mol. The number of nitrogens with one attached hydrogen (secondary N) is 2. The molecule has 0 aliphatic heterocycles. The maximum atomic E-state index is 5.47. The number of ether oxygens (including phenoxy) is 2. The van der Waals surface area contributed by atoms with Crippen LogP contribution in [0.2, 0.25) is 0 Å². The smallest absolute Gasteiger partial charge is 0.134 e. The molecule has 0 spiro atoms. The molecule has 0 heterocycles. The standard InChI is InChI=1S/C13H20Br2N2O2S/c1-4-19-8-9(7-16-2)17-20-13-6-12(18-3)10(14)5-11(13)15/h5-6,9,16-17H,4,7-8H2,1-3H3. The van der Waals surface area contributed by atoms with Gasteiger partial charge >= 0.3 is 0 Å². The summed E-state index contributed by atoms with van der Waals surface area (Å²) in [5.41, 5.74) is 0. The Kier molecular flexibility index (Phi) is 9.15. The molecule has 0 amide bonds.